The van der Waals surface area contributed by atoms with Crippen LogP contribution in [0.3, 0.4) is 0 Å². The lowest BCUT2D eigenvalue weighted by Crippen LogP contribution is -2.28. The number of amides is 1. The highest BCUT2D eigenvalue weighted by Crippen LogP contribution is 2.23. The zero-order chi connectivity index (χ0) is 25.1. The fourth-order valence-corrected chi connectivity index (χ4v) is 4.99. The lowest BCUT2D eigenvalue weighted by molar-refractivity contribution is -0.127. The fraction of sp³-hybridized carbons (Fsp3) is 0.185. The van der Waals surface area contributed by atoms with E-state index in [2.05, 4.69) is 10.2 Å². The van der Waals surface area contributed by atoms with Gasteiger partial charge in [-0.3, -0.25) is 18.6 Å². The standard InChI is InChI=1S/C27H25N5O3S/c1-30(16-20-11-8-12-21(15-20)35-2)24(33)18-36-27-29-28-26-31(17-19-9-4-3-5-10-19)25(34)22-13-6-7-14-23(22)32(26)27/h3-15H,16-18H2,1-2H3. The third-order valence-corrected chi connectivity index (χ3v) is 6.88. The Morgan fingerprint density at radius 1 is 0.972 bits per heavy atom. The van der Waals surface area contributed by atoms with E-state index in [-0.39, 0.29) is 17.2 Å². The second kappa shape index (κ2) is 10.2. The summed E-state index contributed by atoms with van der Waals surface area (Å²) in [4.78, 5) is 27.9. The second-order valence-electron chi connectivity index (χ2n) is 8.40. The Morgan fingerprint density at radius 2 is 1.72 bits per heavy atom. The molecule has 8 nitrogen and oxygen atoms in total. The van der Waals surface area contributed by atoms with Crippen LogP contribution in [0.5, 0.6) is 5.75 Å². The van der Waals surface area contributed by atoms with Crippen molar-refractivity contribution in [3.63, 3.8) is 0 Å². The van der Waals surface area contributed by atoms with Crippen LogP contribution in [0.4, 0.5) is 0 Å². The molecular formula is C27H25N5O3S. The predicted molar refractivity (Wildman–Crippen MR) is 140 cm³/mol. The van der Waals surface area contributed by atoms with E-state index in [0.29, 0.717) is 34.9 Å². The van der Waals surface area contributed by atoms with E-state index < -0.39 is 0 Å². The highest BCUT2D eigenvalue weighted by atomic mass is 32.2. The molecule has 0 aliphatic rings. The highest BCUT2D eigenvalue weighted by molar-refractivity contribution is 7.99. The van der Waals surface area contributed by atoms with Crippen LogP contribution >= 0.6 is 11.8 Å². The van der Waals surface area contributed by atoms with E-state index in [4.69, 9.17) is 4.74 Å². The molecule has 0 atom stereocenters. The summed E-state index contributed by atoms with van der Waals surface area (Å²) in [5.74, 6) is 1.35. The number of nitrogens with zero attached hydrogens (tertiary/aromatic N) is 5. The quantitative estimate of drug-likeness (QED) is 0.302. The van der Waals surface area contributed by atoms with Crippen molar-refractivity contribution in [1.29, 1.82) is 0 Å². The van der Waals surface area contributed by atoms with E-state index >= 15 is 0 Å². The molecule has 0 unspecified atom stereocenters. The second-order valence-corrected chi connectivity index (χ2v) is 9.34. The van der Waals surface area contributed by atoms with Crippen molar-refractivity contribution < 1.29 is 9.53 Å². The first-order valence-electron chi connectivity index (χ1n) is 11.5. The number of fused-ring (bicyclic) bond motifs is 3. The van der Waals surface area contributed by atoms with Crippen LogP contribution in [-0.2, 0) is 17.9 Å². The molecule has 0 fully saturated rings. The maximum atomic E-state index is 13.3. The monoisotopic (exact) mass is 499 g/mol. The summed E-state index contributed by atoms with van der Waals surface area (Å²) in [6.07, 6.45) is 0. The smallest absolute Gasteiger partial charge is 0.263 e. The van der Waals surface area contributed by atoms with Crippen LogP contribution in [0, 0.1) is 0 Å². The van der Waals surface area contributed by atoms with Gasteiger partial charge < -0.3 is 9.64 Å². The zero-order valence-corrected chi connectivity index (χ0v) is 20.8. The minimum Gasteiger partial charge on any atom is -0.497 e. The molecule has 0 N–H and O–H groups in total. The number of hydrogen-bond donors (Lipinski definition) is 0. The summed E-state index contributed by atoms with van der Waals surface area (Å²) in [6, 6.07) is 24.8. The molecule has 5 aromatic rings. The number of rotatable bonds is 8. The van der Waals surface area contributed by atoms with Gasteiger partial charge in [-0.25, -0.2) is 0 Å². The van der Waals surface area contributed by atoms with Crippen molar-refractivity contribution in [2.75, 3.05) is 19.9 Å². The lowest BCUT2D eigenvalue weighted by Gasteiger charge is -2.17. The number of ether oxygens (including phenoxy) is 1. The molecule has 0 aliphatic carbocycles. The van der Waals surface area contributed by atoms with E-state index in [0.717, 1.165) is 16.9 Å². The summed E-state index contributed by atoms with van der Waals surface area (Å²) in [7, 11) is 3.40. The molecule has 0 bridgehead atoms. The number of hydrogen-bond acceptors (Lipinski definition) is 6. The predicted octanol–water partition coefficient (Wildman–Crippen LogP) is 3.85. The summed E-state index contributed by atoms with van der Waals surface area (Å²) in [6.45, 7) is 0.843. The van der Waals surface area contributed by atoms with Gasteiger partial charge in [-0.2, -0.15) is 0 Å². The van der Waals surface area contributed by atoms with Gasteiger partial charge in [0.1, 0.15) is 5.75 Å². The average molecular weight is 500 g/mol. The summed E-state index contributed by atoms with van der Waals surface area (Å²) < 4.78 is 8.77. The highest BCUT2D eigenvalue weighted by Gasteiger charge is 2.19. The molecule has 0 spiro atoms. The lowest BCUT2D eigenvalue weighted by atomic mass is 10.2. The first-order chi connectivity index (χ1) is 17.5. The third-order valence-electron chi connectivity index (χ3n) is 5.97. The Bertz CT molecular complexity index is 1600. The SMILES string of the molecule is COc1cccc(CN(C)C(=O)CSc2nnc3n(Cc4ccccc4)c(=O)c4ccccc4n23)c1. The number of carbonyl (C=O) groups is 1. The van der Waals surface area contributed by atoms with Gasteiger partial charge in [0.05, 0.1) is 30.3 Å². The normalized spacial score (nSPS) is 11.2. The Balaban J connectivity index is 1.43. The first-order valence-corrected chi connectivity index (χ1v) is 12.4. The molecule has 0 saturated carbocycles. The molecule has 1 amide bonds. The molecule has 3 aromatic carbocycles. The van der Waals surface area contributed by atoms with Crippen LogP contribution < -0.4 is 10.3 Å². The molecule has 182 valence electrons. The summed E-state index contributed by atoms with van der Waals surface area (Å²) in [5.41, 5.74) is 2.56. The number of benzene rings is 3. The fourth-order valence-electron chi connectivity index (χ4n) is 4.10. The Morgan fingerprint density at radius 3 is 2.53 bits per heavy atom. The molecule has 0 saturated heterocycles. The van der Waals surface area contributed by atoms with Gasteiger partial charge in [-0.1, -0.05) is 66.4 Å². The topological polar surface area (TPSA) is 81.7 Å². The summed E-state index contributed by atoms with van der Waals surface area (Å²) in [5, 5.41) is 9.84. The number of aromatic nitrogens is 4. The van der Waals surface area contributed by atoms with Crippen LogP contribution in [-0.4, -0.2) is 49.9 Å². The maximum Gasteiger partial charge on any atom is 0.263 e. The molecule has 0 radical (unpaired) electrons. The molecule has 36 heavy (non-hydrogen) atoms. The van der Waals surface area contributed by atoms with E-state index in [1.165, 1.54) is 11.8 Å². The zero-order valence-electron chi connectivity index (χ0n) is 20.0. The molecule has 9 heteroatoms. The van der Waals surface area contributed by atoms with Crippen molar-refractivity contribution in [1.82, 2.24) is 24.1 Å². The van der Waals surface area contributed by atoms with Crippen LogP contribution in [0.1, 0.15) is 11.1 Å². The van der Waals surface area contributed by atoms with Gasteiger partial charge in [0.2, 0.25) is 11.7 Å². The van der Waals surface area contributed by atoms with Gasteiger partial charge in [0.15, 0.2) is 5.16 Å². The van der Waals surface area contributed by atoms with Crippen molar-refractivity contribution in [3.05, 3.63) is 100 Å². The molecule has 2 aromatic heterocycles. The van der Waals surface area contributed by atoms with E-state index in [1.54, 1.807) is 29.7 Å². The number of thioether (sulfide) groups is 1. The third kappa shape index (κ3) is 4.70. The van der Waals surface area contributed by atoms with Gasteiger partial charge in [-0.05, 0) is 35.4 Å². The molecule has 2 heterocycles. The van der Waals surface area contributed by atoms with Crippen molar-refractivity contribution in [2.45, 2.75) is 18.2 Å². The first kappa shape index (κ1) is 23.6. The van der Waals surface area contributed by atoms with Crippen molar-refractivity contribution >= 4 is 34.3 Å². The van der Waals surface area contributed by atoms with Crippen LogP contribution in [0.25, 0.3) is 16.7 Å². The average Bonchev–Trinajstić information content (AvgIpc) is 3.34. The Kier molecular flexibility index (Phi) is 6.73. The van der Waals surface area contributed by atoms with Gasteiger partial charge in [0, 0.05) is 13.6 Å². The van der Waals surface area contributed by atoms with Gasteiger partial charge >= 0.3 is 0 Å². The number of para-hydroxylation sites is 1. The Hall–Kier alpha value is -4.11. The van der Waals surface area contributed by atoms with Crippen LogP contribution in [0.2, 0.25) is 0 Å². The van der Waals surface area contributed by atoms with Crippen molar-refractivity contribution in [2.24, 2.45) is 0 Å². The summed E-state index contributed by atoms with van der Waals surface area (Å²) >= 11 is 1.31. The van der Waals surface area contributed by atoms with Gasteiger partial charge in [0.25, 0.3) is 5.56 Å². The molecule has 0 aliphatic heterocycles. The molecular weight excluding hydrogens is 474 g/mol. The minimum absolute atomic E-state index is 0.0403. The maximum absolute atomic E-state index is 13.3. The minimum atomic E-state index is -0.125. The largest absolute Gasteiger partial charge is 0.497 e. The van der Waals surface area contributed by atoms with Gasteiger partial charge in [-0.15, -0.1) is 10.2 Å². The van der Waals surface area contributed by atoms with Crippen LogP contribution in [0.15, 0.2) is 88.8 Å². The van der Waals surface area contributed by atoms with Crippen molar-refractivity contribution in [3.8, 4) is 5.75 Å². The molecule has 5 rings (SSSR count). The van der Waals surface area contributed by atoms with E-state index in [9.17, 15) is 9.59 Å². The number of methoxy groups -OCH3 is 1. The number of carbonyl (C=O) groups excluding carboxylic acids is 1. The van der Waals surface area contributed by atoms with E-state index in [1.807, 2.05) is 77.2 Å². The Labute approximate surface area is 212 Å².